The first kappa shape index (κ1) is 36.0. The van der Waals surface area contributed by atoms with Gasteiger partial charge in [-0.1, -0.05) is 112 Å². The second kappa shape index (κ2) is 13.6. The monoisotopic (exact) mass is 774 g/mol. The lowest BCUT2D eigenvalue weighted by molar-refractivity contribution is 0.237. The molecule has 0 aliphatic carbocycles. The summed E-state index contributed by atoms with van der Waals surface area (Å²) in [5.74, 6) is 2.45. The number of anilines is 1. The Bertz CT molecular complexity index is 3040. The lowest BCUT2D eigenvalue weighted by Gasteiger charge is -2.36. The lowest BCUT2D eigenvalue weighted by Crippen LogP contribution is -2.41. The molecule has 0 spiro atoms. The summed E-state index contributed by atoms with van der Waals surface area (Å²) >= 11 is 1.84. The van der Waals surface area contributed by atoms with Crippen molar-refractivity contribution in [1.82, 2.24) is 14.5 Å². The van der Waals surface area contributed by atoms with Gasteiger partial charge < -0.3 is 14.5 Å². The van der Waals surface area contributed by atoms with E-state index in [2.05, 4.69) is 208 Å². The van der Waals surface area contributed by atoms with Crippen molar-refractivity contribution < 1.29 is 4.74 Å². The summed E-state index contributed by atoms with van der Waals surface area (Å²) in [6.45, 7) is 14.3. The first-order valence-corrected chi connectivity index (χ1v) is 20.9. The molecule has 9 aromatic rings. The van der Waals surface area contributed by atoms with E-state index in [1.165, 1.54) is 64.5 Å². The van der Waals surface area contributed by atoms with Gasteiger partial charge in [0.2, 0.25) is 0 Å². The number of nitrogens with zero attached hydrogens (tertiary/aromatic N) is 4. The van der Waals surface area contributed by atoms with Gasteiger partial charge in [0.05, 0.1) is 29.1 Å². The van der Waals surface area contributed by atoms with Crippen molar-refractivity contribution in [3.05, 3.63) is 175 Å². The Kier molecular flexibility index (Phi) is 8.46. The molecule has 3 aromatic heterocycles. The van der Waals surface area contributed by atoms with Crippen LogP contribution in [0.3, 0.4) is 0 Å². The molecule has 0 saturated carbocycles. The summed E-state index contributed by atoms with van der Waals surface area (Å²) in [7, 11) is 0. The van der Waals surface area contributed by atoms with E-state index in [0.29, 0.717) is 6.67 Å². The maximum atomic E-state index is 6.85. The predicted octanol–water partition coefficient (Wildman–Crippen LogP) is 14.0. The highest BCUT2D eigenvalue weighted by Crippen LogP contribution is 2.46. The van der Waals surface area contributed by atoms with Gasteiger partial charge in [0, 0.05) is 71.6 Å². The number of pyridine rings is 1. The molecule has 0 radical (unpaired) electrons. The minimum absolute atomic E-state index is 0.0309. The molecule has 0 atom stereocenters. The molecule has 10 rings (SSSR count). The molecule has 0 saturated heterocycles. The van der Waals surface area contributed by atoms with E-state index in [1.54, 1.807) is 0 Å². The van der Waals surface area contributed by atoms with E-state index in [-0.39, 0.29) is 11.0 Å². The maximum Gasteiger partial charge on any atom is 0.137 e. The van der Waals surface area contributed by atoms with E-state index in [9.17, 15) is 0 Å². The smallest absolute Gasteiger partial charge is 0.137 e. The molecule has 0 bridgehead atoms. The standard InChI is InChI=1S/C52H46N4OS/c1-51(2,3)36-28-29-53-46(30-36)56-43-32-39(24-25-40(43)41-26-27-45-47(50(41)56)42-22-13-14-23-44(42)58-45)57-38-21-15-20-37(31-38)54-33-55(52(4,5)6)49(35-18-11-8-12-19-35)48(54)34-16-9-7-10-17-34/h7-32H,33H2,1-6H3. The van der Waals surface area contributed by atoms with Gasteiger partial charge >= 0.3 is 0 Å². The largest absolute Gasteiger partial charge is 0.457 e. The number of thiophene rings is 1. The highest BCUT2D eigenvalue weighted by Gasteiger charge is 2.37. The Morgan fingerprint density at radius 2 is 1.28 bits per heavy atom. The zero-order valence-corrected chi connectivity index (χ0v) is 34.6. The Labute approximate surface area is 344 Å². The van der Waals surface area contributed by atoms with Crippen LogP contribution in [0.15, 0.2) is 158 Å². The number of fused-ring (bicyclic) bond motifs is 7. The number of hydrogen-bond donors (Lipinski definition) is 0. The molecule has 6 aromatic carbocycles. The summed E-state index contributed by atoms with van der Waals surface area (Å²) < 4.78 is 11.8. The average Bonchev–Trinajstić information content (AvgIpc) is 3.91. The van der Waals surface area contributed by atoms with Crippen molar-refractivity contribution in [1.29, 1.82) is 0 Å². The van der Waals surface area contributed by atoms with Crippen LogP contribution in [-0.4, -0.2) is 26.7 Å². The van der Waals surface area contributed by atoms with E-state index >= 15 is 0 Å². The average molecular weight is 775 g/mol. The molecular formula is C52H46N4OS. The highest BCUT2D eigenvalue weighted by atomic mass is 32.1. The number of rotatable bonds is 6. The zero-order valence-electron chi connectivity index (χ0n) is 33.8. The van der Waals surface area contributed by atoms with Crippen LogP contribution < -0.4 is 9.64 Å². The quantitative estimate of drug-likeness (QED) is 0.168. The van der Waals surface area contributed by atoms with Gasteiger partial charge in [-0.05, 0) is 80.3 Å². The van der Waals surface area contributed by atoms with Gasteiger partial charge in [0.25, 0.3) is 0 Å². The molecular weight excluding hydrogens is 729 g/mol. The van der Waals surface area contributed by atoms with Gasteiger partial charge in [-0.2, -0.15) is 0 Å². The Morgan fingerprint density at radius 3 is 2.02 bits per heavy atom. The second-order valence-electron chi connectivity index (χ2n) is 17.3. The Balaban J connectivity index is 1.12. The van der Waals surface area contributed by atoms with E-state index < -0.39 is 0 Å². The van der Waals surface area contributed by atoms with Crippen molar-refractivity contribution in [2.24, 2.45) is 0 Å². The van der Waals surface area contributed by atoms with Crippen molar-refractivity contribution in [2.75, 3.05) is 11.6 Å². The zero-order chi connectivity index (χ0) is 39.8. The molecule has 0 N–H and O–H groups in total. The summed E-state index contributed by atoms with van der Waals surface area (Å²) in [4.78, 5) is 9.98. The number of ether oxygens (including phenoxy) is 1. The van der Waals surface area contributed by atoms with E-state index in [1.807, 2.05) is 17.5 Å². The van der Waals surface area contributed by atoms with Gasteiger partial charge in [-0.25, -0.2) is 4.98 Å². The first-order chi connectivity index (χ1) is 28.0. The van der Waals surface area contributed by atoms with Gasteiger partial charge in [0.15, 0.2) is 0 Å². The molecule has 1 aliphatic rings. The third kappa shape index (κ3) is 6.11. The maximum absolute atomic E-state index is 6.85. The topological polar surface area (TPSA) is 33.5 Å². The summed E-state index contributed by atoms with van der Waals surface area (Å²) in [5, 5.41) is 4.90. The summed E-state index contributed by atoms with van der Waals surface area (Å²) in [5.41, 5.74) is 9.18. The van der Waals surface area contributed by atoms with Crippen molar-refractivity contribution in [3.63, 3.8) is 0 Å². The number of hydrogen-bond acceptors (Lipinski definition) is 5. The Morgan fingerprint density at radius 1 is 0.586 bits per heavy atom. The Hall–Kier alpha value is -6.37. The predicted molar refractivity (Wildman–Crippen MR) is 245 cm³/mol. The molecule has 5 nitrogen and oxygen atoms in total. The van der Waals surface area contributed by atoms with Crippen LogP contribution in [0.4, 0.5) is 5.69 Å². The second-order valence-corrected chi connectivity index (χ2v) is 18.4. The minimum atomic E-state index is -0.121. The van der Waals surface area contributed by atoms with Crippen LogP contribution in [0.1, 0.15) is 58.2 Å². The van der Waals surface area contributed by atoms with Gasteiger partial charge in [-0.15, -0.1) is 11.3 Å². The third-order valence-electron chi connectivity index (χ3n) is 11.4. The molecule has 0 unspecified atom stereocenters. The fourth-order valence-corrected chi connectivity index (χ4v) is 9.63. The molecule has 0 fully saturated rings. The minimum Gasteiger partial charge on any atom is -0.457 e. The van der Waals surface area contributed by atoms with Crippen molar-refractivity contribution in [2.45, 2.75) is 52.5 Å². The van der Waals surface area contributed by atoms with Crippen LogP contribution in [0.25, 0.3) is 59.2 Å². The molecule has 1 aliphatic heterocycles. The molecule has 286 valence electrons. The molecule has 58 heavy (non-hydrogen) atoms. The van der Waals surface area contributed by atoms with E-state index in [4.69, 9.17) is 9.72 Å². The highest BCUT2D eigenvalue weighted by molar-refractivity contribution is 7.26. The molecule has 4 heterocycles. The SMILES string of the molecule is CC(C)(C)c1ccnc(-n2c3cc(Oc4cccc(N5CN(C(C)(C)C)C(c6ccccc6)=C5c5ccccc5)c4)ccc3c3ccc4sc5ccccc5c4c32)c1. The van der Waals surface area contributed by atoms with Crippen LogP contribution in [0.5, 0.6) is 11.5 Å². The first-order valence-electron chi connectivity index (χ1n) is 20.1. The van der Waals surface area contributed by atoms with Gasteiger partial charge in [-0.3, -0.25) is 4.57 Å². The summed E-state index contributed by atoms with van der Waals surface area (Å²) in [6, 6.07) is 54.2. The molecule has 6 heteroatoms. The van der Waals surface area contributed by atoms with Crippen molar-refractivity contribution >= 4 is 70.4 Å². The summed E-state index contributed by atoms with van der Waals surface area (Å²) in [6.07, 6.45) is 1.95. The number of benzene rings is 6. The fourth-order valence-electron chi connectivity index (χ4n) is 8.53. The van der Waals surface area contributed by atoms with Crippen LogP contribution in [0, 0.1) is 0 Å². The normalized spacial score (nSPS) is 13.8. The fraction of sp³-hybridized carbons (Fsp3) is 0.173. The van der Waals surface area contributed by atoms with Crippen LogP contribution in [-0.2, 0) is 5.41 Å². The van der Waals surface area contributed by atoms with Crippen molar-refractivity contribution in [3.8, 4) is 17.3 Å². The van der Waals surface area contributed by atoms with Crippen LogP contribution >= 0.6 is 11.3 Å². The number of aromatic nitrogens is 2. The molecule has 0 amide bonds. The van der Waals surface area contributed by atoms with Gasteiger partial charge in [0.1, 0.15) is 17.3 Å². The van der Waals surface area contributed by atoms with Crippen LogP contribution in [0.2, 0.25) is 0 Å². The third-order valence-corrected chi connectivity index (χ3v) is 12.5. The lowest BCUT2D eigenvalue weighted by atomic mass is 9.88. The van der Waals surface area contributed by atoms with E-state index in [0.717, 1.165) is 28.5 Å².